The van der Waals surface area contributed by atoms with E-state index >= 15 is 0 Å². The van der Waals surface area contributed by atoms with Gasteiger partial charge < -0.3 is 33.4 Å². The van der Waals surface area contributed by atoms with Crippen molar-refractivity contribution in [3.05, 3.63) is 102 Å². The van der Waals surface area contributed by atoms with Crippen LogP contribution in [0, 0.1) is 0 Å². The molecule has 10 heteroatoms. The molecule has 0 aromatic heterocycles. The zero-order chi connectivity index (χ0) is 28.9. The van der Waals surface area contributed by atoms with E-state index in [1.807, 2.05) is 42.5 Å². The van der Waals surface area contributed by atoms with Crippen LogP contribution in [0.1, 0.15) is 34.8 Å². The van der Waals surface area contributed by atoms with Crippen LogP contribution in [0.25, 0.3) is 6.08 Å². The van der Waals surface area contributed by atoms with Gasteiger partial charge in [-0.3, -0.25) is 0 Å². The minimum Gasteiger partial charge on any atom is -0.434 e. The molecule has 3 aromatic carbocycles. The van der Waals surface area contributed by atoms with Crippen LogP contribution in [0.4, 0.5) is 4.79 Å². The smallest absolute Gasteiger partial charge is 0.434 e. The third-order valence-corrected chi connectivity index (χ3v) is 5.98. The third kappa shape index (κ3) is 9.58. The van der Waals surface area contributed by atoms with E-state index in [0.717, 1.165) is 11.0 Å². The minimum atomic E-state index is -1.02. The summed E-state index contributed by atoms with van der Waals surface area (Å²) in [6.45, 7) is 2.47. The zero-order valence-corrected chi connectivity index (χ0v) is 22.8. The van der Waals surface area contributed by atoms with Gasteiger partial charge in [0.1, 0.15) is 12.4 Å². The summed E-state index contributed by atoms with van der Waals surface area (Å²) in [6, 6.07) is 23.2. The molecule has 1 heterocycles. The highest BCUT2D eigenvalue weighted by Gasteiger charge is 2.36. The van der Waals surface area contributed by atoms with Gasteiger partial charge in [0.05, 0.1) is 18.8 Å². The summed E-state index contributed by atoms with van der Waals surface area (Å²) in [5, 5.41) is 8.78. The Morgan fingerprint density at radius 2 is 1.71 bits per heavy atom. The number of ether oxygens (including phenoxy) is 5. The summed E-state index contributed by atoms with van der Waals surface area (Å²) in [5.41, 5.74) is 1.76. The molecular formula is C31H32BO9. The Labute approximate surface area is 239 Å². The second-order valence-electron chi connectivity index (χ2n) is 9.54. The Balaban J connectivity index is 1.21. The quantitative estimate of drug-likeness (QED) is 0.152. The van der Waals surface area contributed by atoms with E-state index in [1.165, 1.54) is 0 Å². The van der Waals surface area contributed by atoms with Gasteiger partial charge in [0.15, 0.2) is 11.9 Å². The van der Waals surface area contributed by atoms with Gasteiger partial charge in [0, 0.05) is 18.8 Å². The normalized spacial score (nSPS) is 18.5. The van der Waals surface area contributed by atoms with Crippen LogP contribution in [-0.4, -0.2) is 63.0 Å². The first-order valence-electron chi connectivity index (χ1n) is 13.2. The van der Waals surface area contributed by atoms with E-state index in [9.17, 15) is 9.59 Å². The molecule has 1 aliphatic rings. The van der Waals surface area contributed by atoms with Crippen molar-refractivity contribution < 1.29 is 43.0 Å². The SMILES string of the molecule is CC1(OC(=O)OCc2ccc([B]OCCCO)cc2)COC(/C=C/c2ccccc2OC(=O)c2ccccc2)OC1. The van der Waals surface area contributed by atoms with Crippen LogP contribution in [0.2, 0.25) is 0 Å². The lowest BCUT2D eigenvalue weighted by molar-refractivity contribution is -0.231. The third-order valence-electron chi connectivity index (χ3n) is 5.98. The van der Waals surface area contributed by atoms with Crippen molar-refractivity contribution in [2.45, 2.75) is 31.8 Å². The van der Waals surface area contributed by atoms with Crippen molar-refractivity contribution in [2.24, 2.45) is 0 Å². The molecule has 1 radical (unpaired) electrons. The summed E-state index contributed by atoms with van der Waals surface area (Å²) in [4.78, 5) is 24.8. The van der Waals surface area contributed by atoms with Gasteiger partial charge >= 0.3 is 19.6 Å². The number of rotatable bonds is 12. The van der Waals surface area contributed by atoms with Crippen LogP contribution >= 0.6 is 0 Å². The summed E-state index contributed by atoms with van der Waals surface area (Å²) in [7, 11) is 1.61. The Morgan fingerprint density at radius 1 is 1.00 bits per heavy atom. The van der Waals surface area contributed by atoms with Crippen molar-refractivity contribution in [2.75, 3.05) is 26.4 Å². The van der Waals surface area contributed by atoms with Crippen molar-refractivity contribution in [3.8, 4) is 5.75 Å². The second-order valence-corrected chi connectivity index (χ2v) is 9.54. The van der Waals surface area contributed by atoms with Gasteiger partial charge in [0.25, 0.3) is 0 Å². The number of carbonyl (C=O) groups is 2. The molecule has 41 heavy (non-hydrogen) atoms. The number of hydrogen-bond acceptors (Lipinski definition) is 9. The number of aliphatic hydroxyl groups excluding tert-OH is 1. The highest BCUT2D eigenvalue weighted by molar-refractivity contribution is 6.46. The van der Waals surface area contributed by atoms with Gasteiger partial charge in [-0.25, -0.2) is 9.59 Å². The van der Waals surface area contributed by atoms with Crippen LogP contribution in [-0.2, 0) is 30.2 Å². The van der Waals surface area contributed by atoms with Crippen LogP contribution in [0.5, 0.6) is 5.75 Å². The van der Waals surface area contributed by atoms with Crippen LogP contribution in [0.15, 0.2) is 84.9 Å². The molecule has 9 nitrogen and oxygen atoms in total. The van der Waals surface area contributed by atoms with Gasteiger partial charge in [0.2, 0.25) is 0 Å². The highest BCUT2D eigenvalue weighted by Crippen LogP contribution is 2.24. The van der Waals surface area contributed by atoms with Gasteiger partial charge in [-0.05, 0) is 43.2 Å². The zero-order valence-electron chi connectivity index (χ0n) is 22.8. The molecule has 0 spiro atoms. The number of hydrogen-bond donors (Lipinski definition) is 1. The summed E-state index contributed by atoms with van der Waals surface area (Å²) in [5.74, 6) is -0.0460. The molecule has 1 fully saturated rings. The number of aliphatic hydroxyl groups is 1. The lowest BCUT2D eigenvalue weighted by atomic mass is 9.87. The standard InChI is InChI=1S/C31H32BO9/c1-31(41-30(35)36-20-23-12-15-26(16-13-23)32-39-19-7-18-33)21-37-28(38-22-31)17-14-24-8-5-6-11-27(24)40-29(34)25-9-3-2-4-10-25/h2-6,8-17,28,33H,7,18-22H2,1H3/b17-14+. The van der Waals surface area contributed by atoms with E-state index in [0.29, 0.717) is 29.9 Å². The van der Waals surface area contributed by atoms with Crippen molar-refractivity contribution in [1.82, 2.24) is 0 Å². The molecule has 4 rings (SSSR count). The van der Waals surface area contributed by atoms with E-state index in [2.05, 4.69) is 0 Å². The second kappa shape index (κ2) is 15.2. The maximum Gasteiger partial charge on any atom is 0.509 e. The fraction of sp³-hybridized carbons (Fsp3) is 0.290. The summed E-state index contributed by atoms with van der Waals surface area (Å²) >= 11 is 0. The van der Waals surface area contributed by atoms with Crippen LogP contribution < -0.4 is 10.2 Å². The maximum absolute atomic E-state index is 12.5. The van der Waals surface area contributed by atoms with Crippen molar-refractivity contribution in [3.63, 3.8) is 0 Å². The Bertz CT molecular complexity index is 1290. The molecule has 0 unspecified atom stereocenters. The summed E-state index contributed by atoms with van der Waals surface area (Å²) in [6.07, 6.45) is 2.51. The lowest BCUT2D eigenvalue weighted by Crippen LogP contribution is -2.47. The Kier molecular flexibility index (Phi) is 11.1. The van der Waals surface area contributed by atoms with E-state index in [-0.39, 0.29) is 26.4 Å². The van der Waals surface area contributed by atoms with Gasteiger partial charge in [-0.15, -0.1) is 0 Å². The summed E-state index contributed by atoms with van der Waals surface area (Å²) < 4.78 is 33.2. The molecule has 0 bridgehead atoms. The molecule has 1 saturated heterocycles. The maximum atomic E-state index is 12.5. The first kappa shape index (κ1) is 30.0. The van der Waals surface area contributed by atoms with Gasteiger partial charge in [-0.1, -0.05) is 72.2 Å². The molecule has 0 amide bonds. The first-order chi connectivity index (χ1) is 19.9. The highest BCUT2D eigenvalue weighted by atomic mass is 16.8. The fourth-order valence-corrected chi connectivity index (χ4v) is 3.77. The predicted molar refractivity (Wildman–Crippen MR) is 152 cm³/mol. The molecule has 0 atom stereocenters. The fourth-order valence-electron chi connectivity index (χ4n) is 3.77. The molecule has 1 N–H and O–H groups in total. The average Bonchev–Trinajstić information content (AvgIpc) is 2.99. The van der Waals surface area contributed by atoms with Crippen molar-refractivity contribution in [1.29, 1.82) is 0 Å². The van der Waals surface area contributed by atoms with Crippen LogP contribution in [0.3, 0.4) is 0 Å². The Hall–Kier alpha value is -3.96. The molecule has 3 aromatic rings. The molecule has 0 aliphatic carbocycles. The average molecular weight is 559 g/mol. The molecular weight excluding hydrogens is 527 g/mol. The predicted octanol–water partition coefficient (Wildman–Crippen LogP) is 4.05. The topological polar surface area (TPSA) is 110 Å². The van der Waals surface area contributed by atoms with E-state index in [4.69, 9.17) is 33.4 Å². The van der Waals surface area contributed by atoms with Gasteiger partial charge in [-0.2, -0.15) is 0 Å². The molecule has 213 valence electrons. The minimum absolute atomic E-state index is 0.0435. The van der Waals surface area contributed by atoms with E-state index < -0.39 is 24.0 Å². The molecule has 0 saturated carbocycles. The number of carbonyl (C=O) groups excluding carboxylic acids is 2. The number of esters is 1. The Morgan fingerprint density at radius 3 is 2.44 bits per heavy atom. The number of para-hydroxylation sites is 1. The van der Waals surface area contributed by atoms with Crippen molar-refractivity contribution >= 4 is 31.1 Å². The van der Waals surface area contributed by atoms with E-state index in [1.54, 1.807) is 63.0 Å². The largest absolute Gasteiger partial charge is 0.509 e. The molecule has 1 aliphatic heterocycles. The monoisotopic (exact) mass is 559 g/mol. The number of benzene rings is 3. The first-order valence-corrected chi connectivity index (χ1v) is 13.2. The lowest BCUT2D eigenvalue weighted by Gasteiger charge is -2.35.